The molecule has 0 spiro atoms. The van der Waals surface area contributed by atoms with E-state index in [4.69, 9.17) is 9.47 Å². The number of hydrogen-bond donors (Lipinski definition) is 0. The van der Waals surface area contributed by atoms with E-state index in [-0.39, 0.29) is 17.8 Å². The van der Waals surface area contributed by atoms with Gasteiger partial charge in [0.2, 0.25) is 0 Å². The third kappa shape index (κ3) is 4.82. The van der Waals surface area contributed by atoms with E-state index in [1.54, 1.807) is 11.8 Å². The highest BCUT2D eigenvalue weighted by Gasteiger charge is 2.32. The van der Waals surface area contributed by atoms with Gasteiger partial charge in [-0.1, -0.05) is 0 Å². The van der Waals surface area contributed by atoms with Gasteiger partial charge in [-0.05, 0) is 40.5 Å². The first-order valence-corrected chi connectivity index (χ1v) is 6.79. The Balaban J connectivity index is 2.59. The van der Waals surface area contributed by atoms with E-state index in [1.165, 1.54) is 7.11 Å². The molecule has 0 aromatic carbocycles. The predicted octanol–water partition coefficient (Wildman–Crippen LogP) is 2.24. The molecule has 0 N–H and O–H groups in total. The molecule has 0 aromatic heterocycles. The molecule has 1 aliphatic rings. The van der Waals surface area contributed by atoms with Crippen LogP contribution in [0.4, 0.5) is 4.79 Å². The van der Waals surface area contributed by atoms with Crippen molar-refractivity contribution in [3.05, 3.63) is 0 Å². The summed E-state index contributed by atoms with van der Waals surface area (Å²) in [7, 11) is 1.52. The lowest BCUT2D eigenvalue weighted by Crippen LogP contribution is -2.46. The molecule has 0 aliphatic carbocycles. The Morgan fingerprint density at radius 2 is 1.95 bits per heavy atom. The van der Waals surface area contributed by atoms with Gasteiger partial charge in [0, 0.05) is 26.1 Å². The van der Waals surface area contributed by atoms with Crippen molar-refractivity contribution in [1.29, 1.82) is 0 Å². The molecular weight excluding hydrogens is 246 g/mol. The molecule has 110 valence electrons. The second kappa shape index (κ2) is 6.37. The summed E-state index contributed by atoms with van der Waals surface area (Å²) in [5.74, 6) is -0.0769. The van der Waals surface area contributed by atoms with Gasteiger partial charge in [-0.2, -0.15) is 0 Å². The lowest BCUT2D eigenvalue weighted by Gasteiger charge is -2.34. The summed E-state index contributed by atoms with van der Waals surface area (Å²) in [5, 5.41) is 0. The molecule has 1 saturated heterocycles. The number of piperidine rings is 1. The summed E-state index contributed by atoms with van der Waals surface area (Å²) < 4.78 is 10.4. The molecule has 5 nitrogen and oxygen atoms in total. The molecule has 5 heteroatoms. The highest BCUT2D eigenvalue weighted by Crippen LogP contribution is 2.21. The first kappa shape index (κ1) is 16.0. The quantitative estimate of drug-likeness (QED) is 0.790. The van der Waals surface area contributed by atoms with Crippen LogP contribution in [-0.2, 0) is 14.3 Å². The summed E-state index contributed by atoms with van der Waals surface area (Å²) in [4.78, 5) is 25.7. The molecule has 19 heavy (non-hydrogen) atoms. The van der Waals surface area contributed by atoms with Gasteiger partial charge in [0.25, 0.3) is 0 Å². The maximum absolute atomic E-state index is 12.1. The van der Waals surface area contributed by atoms with Crippen molar-refractivity contribution in [2.75, 3.05) is 20.2 Å². The van der Waals surface area contributed by atoms with E-state index < -0.39 is 11.7 Å². The fourth-order valence-corrected chi connectivity index (χ4v) is 2.15. The number of nitrogens with zero attached hydrogens (tertiary/aromatic N) is 1. The summed E-state index contributed by atoms with van der Waals surface area (Å²) in [6, 6.07) is 0. The molecule has 1 rings (SSSR count). The van der Waals surface area contributed by atoms with Crippen molar-refractivity contribution in [2.24, 2.45) is 5.92 Å². The average Bonchev–Trinajstić information content (AvgIpc) is 2.35. The van der Waals surface area contributed by atoms with Crippen LogP contribution in [0.25, 0.3) is 0 Å². The Kier molecular flexibility index (Phi) is 5.35. The Morgan fingerprint density at radius 3 is 2.47 bits per heavy atom. The number of rotatable bonds is 3. The third-order valence-electron chi connectivity index (χ3n) is 3.23. The van der Waals surface area contributed by atoms with Gasteiger partial charge < -0.3 is 14.4 Å². The van der Waals surface area contributed by atoms with Crippen LogP contribution in [0.2, 0.25) is 0 Å². The lowest BCUT2D eigenvalue weighted by molar-refractivity contribution is -0.133. The van der Waals surface area contributed by atoms with Crippen LogP contribution in [0, 0.1) is 5.92 Å². The van der Waals surface area contributed by atoms with E-state index in [1.807, 2.05) is 20.8 Å². The molecule has 0 bridgehead atoms. The summed E-state index contributed by atoms with van der Waals surface area (Å²) >= 11 is 0. The Bertz CT molecular complexity index is 335. The van der Waals surface area contributed by atoms with Crippen LogP contribution < -0.4 is 0 Å². The normalized spacial score (nSPS) is 21.9. The molecule has 0 saturated carbocycles. The molecule has 1 aliphatic heterocycles. The van der Waals surface area contributed by atoms with E-state index in [2.05, 4.69) is 0 Å². The zero-order valence-corrected chi connectivity index (χ0v) is 12.6. The minimum atomic E-state index is -0.506. The maximum Gasteiger partial charge on any atom is 0.410 e. The van der Waals surface area contributed by atoms with Gasteiger partial charge in [-0.15, -0.1) is 0 Å². The first-order chi connectivity index (χ1) is 8.74. The van der Waals surface area contributed by atoms with Crippen LogP contribution in [0.15, 0.2) is 0 Å². The molecule has 2 atom stereocenters. The number of ether oxygens (including phenoxy) is 2. The van der Waals surface area contributed by atoms with E-state index in [9.17, 15) is 9.59 Å². The average molecular weight is 271 g/mol. The van der Waals surface area contributed by atoms with Crippen molar-refractivity contribution in [3.8, 4) is 0 Å². The van der Waals surface area contributed by atoms with Crippen molar-refractivity contribution < 1.29 is 19.1 Å². The van der Waals surface area contributed by atoms with Gasteiger partial charge in [-0.3, -0.25) is 4.79 Å². The smallest absolute Gasteiger partial charge is 0.410 e. The molecule has 1 heterocycles. The van der Waals surface area contributed by atoms with Crippen LogP contribution >= 0.6 is 0 Å². The number of carbonyl (C=O) groups excluding carboxylic acids is 2. The van der Waals surface area contributed by atoms with Crippen molar-refractivity contribution in [2.45, 2.75) is 52.2 Å². The van der Waals surface area contributed by atoms with Gasteiger partial charge in [-0.25, -0.2) is 4.79 Å². The highest BCUT2D eigenvalue weighted by atomic mass is 16.6. The standard InChI is InChI=1S/C14H25NO4/c1-10(18-5)12(16)11-7-6-8-15(9-11)13(17)19-14(2,3)4/h10-11H,6-9H2,1-5H3. The second-order valence-electron chi connectivity index (χ2n) is 6.05. The molecule has 2 unspecified atom stereocenters. The van der Waals surface area contributed by atoms with Crippen LogP contribution in [0.5, 0.6) is 0 Å². The fraction of sp³-hybridized carbons (Fsp3) is 0.857. The monoisotopic (exact) mass is 271 g/mol. The molecule has 1 fully saturated rings. The van der Waals surface area contributed by atoms with Gasteiger partial charge in [0.05, 0.1) is 0 Å². The minimum Gasteiger partial charge on any atom is -0.444 e. The number of ketones is 1. The molecule has 0 aromatic rings. The molecular formula is C14H25NO4. The van der Waals surface area contributed by atoms with Crippen molar-refractivity contribution >= 4 is 11.9 Å². The largest absolute Gasteiger partial charge is 0.444 e. The molecule has 0 radical (unpaired) electrons. The molecule has 1 amide bonds. The summed E-state index contributed by atoms with van der Waals surface area (Å²) in [5.41, 5.74) is -0.506. The van der Waals surface area contributed by atoms with Crippen molar-refractivity contribution in [1.82, 2.24) is 4.90 Å². The topological polar surface area (TPSA) is 55.8 Å². The Labute approximate surface area is 115 Å². The van der Waals surface area contributed by atoms with Crippen molar-refractivity contribution in [3.63, 3.8) is 0 Å². The third-order valence-corrected chi connectivity index (χ3v) is 3.23. The van der Waals surface area contributed by atoms with E-state index in [0.29, 0.717) is 13.1 Å². The minimum absolute atomic E-state index is 0.0655. The van der Waals surface area contributed by atoms with Crippen LogP contribution in [-0.4, -0.2) is 48.7 Å². The van der Waals surface area contributed by atoms with E-state index in [0.717, 1.165) is 12.8 Å². The highest BCUT2D eigenvalue weighted by molar-refractivity contribution is 5.85. The van der Waals surface area contributed by atoms with Gasteiger partial charge >= 0.3 is 6.09 Å². The number of amides is 1. The number of hydrogen-bond acceptors (Lipinski definition) is 4. The SMILES string of the molecule is COC(C)C(=O)C1CCCN(C(=O)OC(C)(C)C)C1. The zero-order valence-electron chi connectivity index (χ0n) is 12.6. The Hall–Kier alpha value is -1.10. The second-order valence-corrected chi connectivity index (χ2v) is 6.05. The Morgan fingerprint density at radius 1 is 1.32 bits per heavy atom. The first-order valence-electron chi connectivity index (χ1n) is 6.79. The van der Waals surface area contributed by atoms with E-state index >= 15 is 0 Å². The van der Waals surface area contributed by atoms with Crippen LogP contribution in [0.1, 0.15) is 40.5 Å². The summed E-state index contributed by atoms with van der Waals surface area (Å²) in [6.45, 7) is 8.34. The fourth-order valence-electron chi connectivity index (χ4n) is 2.15. The number of methoxy groups -OCH3 is 1. The summed E-state index contributed by atoms with van der Waals surface area (Å²) in [6.07, 6.45) is 0.886. The lowest BCUT2D eigenvalue weighted by atomic mass is 9.91. The van der Waals surface area contributed by atoms with Gasteiger partial charge in [0.1, 0.15) is 11.7 Å². The zero-order chi connectivity index (χ0) is 14.6. The van der Waals surface area contributed by atoms with Crippen LogP contribution in [0.3, 0.4) is 0 Å². The number of likely N-dealkylation sites (tertiary alicyclic amines) is 1. The van der Waals surface area contributed by atoms with Gasteiger partial charge in [0.15, 0.2) is 5.78 Å². The predicted molar refractivity (Wildman–Crippen MR) is 72.0 cm³/mol. The number of carbonyl (C=O) groups is 2. The maximum atomic E-state index is 12.1. The number of Topliss-reactive ketones (excluding diaryl/α,β-unsaturated/α-hetero) is 1.